The van der Waals surface area contributed by atoms with Crippen LogP contribution in [-0.2, 0) is 6.54 Å². The zero-order valence-corrected chi connectivity index (χ0v) is 13.1. The molecule has 0 aromatic heterocycles. The average Bonchev–Trinajstić information content (AvgIpc) is 2.61. The van der Waals surface area contributed by atoms with Crippen LogP contribution in [0.25, 0.3) is 0 Å². The van der Waals surface area contributed by atoms with Crippen LogP contribution in [0.4, 0.5) is 0 Å². The standard InChI is InChI=1S/C18H21NO4/c1-21-16-9-13(10-17-18(16)23-8-7-22-17)11-19-12-15(20)14-5-3-2-4-6-14/h2-6,9-10,15,19-20H,7-8,11-12H2,1H3/t15-/m0/s1. The maximum Gasteiger partial charge on any atom is 0.203 e. The normalized spacial score (nSPS) is 14.3. The van der Waals surface area contributed by atoms with Crippen LogP contribution in [0.3, 0.4) is 0 Å². The van der Waals surface area contributed by atoms with E-state index in [0.29, 0.717) is 43.6 Å². The van der Waals surface area contributed by atoms with E-state index in [1.54, 1.807) is 7.11 Å². The Morgan fingerprint density at radius 3 is 2.74 bits per heavy atom. The zero-order valence-electron chi connectivity index (χ0n) is 13.1. The molecule has 1 heterocycles. The van der Waals surface area contributed by atoms with Crippen molar-refractivity contribution in [3.63, 3.8) is 0 Å². The first kappa shape index (κ1) is 15.6. The molecule has 0 amide bonds. The fourth-order valence-electron chi connectivity index (χ4n) is 2.58. The minimum atomic E-state index is -0.532. The van der Waals surface area contributed by atoms with E-state index in [2.05, 4.69) is 5.32 Å². The molecule has 0 fully saturated rings. The van der Waals surface area contributed by atoms with Crippen LogP contribution in [0.2, 0.25) is 0 Å². The summed E-state index contributed by atoms with van der Waals surface area (Å²) in [5, 5.41) is 13.4. The molecule has 2 aromatic rings. The minimum Gasteiger partial charge on any atom is -0.493 e. The third-order valence-electron chi connectivity index (χ3n) is 3.74. The quantitative estimate of drug-likeness (QED) is 0.856. The second-order valence-electron chi connectivity index (χ2n) is 5.38. The number of nitrogens with one attached hydrogen (secondary N) is 1. The van der Waals surface area contributed by atoms with Gasteiger partial charge in [-0.15, -0.1) is 0 Å². The van der Waals surface area contributed by atoms with Gasteiger partial charge in [-0.1, -0.05) is 30.3 Å². The lowest BCUT2D eigenvalue weighted by Crippen LogP contribution is -2.21. The van der Waals surface area contributed by atoms with Gasteiger partial charge in [0.05, 0.1) is 13.2 Å². The van der Waals surface area contributed by atoms with Gasteiger partial charge in [0.1, 0.15) is 13.2 Å². The Balaban J connectivity index is 1.62. The van der Waals surface area contributed by atoms with Gasteiger partial charge < -0.3 is 24.6 Å². The van der Waals surface area contributed by atoms with Gasteiger partial charge in [-0.05, 0) is 23.3 Å². The Morgan fingerprint density at radius 2 is 1.96 bits per heavy atom. The molecule has 2 N–H and O–H groups in total. The SMILES string of the molecule is COc1cc(CNC[C@H](O)c2ccccc2)cc2c1OCCO2. The highest BCUT2D eigenvalue weighted by Crippen LogP contribution is 2.40. The van der Waals surface area contributed by atoms with E-state index in [0.717, 1.165) is 11.1 Å². The number of rotatable bonds is 6. The maximum absolute atomic E-state index is 10.2. The topological polar surface area (TPSA) is 60.0 Å². The fraction of sp³-hybridized carbons (Fsp3) is 0.333. The second-order valence-corrected chi connectivity index (χ2v) is 5.38. The third kappa shape index (κ3) is 3.75. The Kier molecular flexibility index (Phi) is 5.00. The predicted molar refractivity (Wildman–Crippen MR) is 87.1 cm³/mol. The zero-order chi connectivity index (χ0) is 16.1. The van der Waals surface area contributed by atoms with Crippen molar-refractivity contribution in [1.29, 1.82) is 0 Å². The van der Waals surface area contributed by atoms with Crippen LogP contribution in [0, 0.1) is 0 Å². The van der Waals surface area contributed by atoms with Crippen molar-refractivity contribution >= 4 is 0 Å². The molecule has 1 aliphatic rings. The largest absolute Gasteiger partial charge is 0.493 e. The number of hydrogen-bond donors (Lipinski definition) is 2. The molecule has 122 valence electrons. The summed E-state index contributed by atoms with van der Waals surface area (Å²) in [4.78, 5) is 0. The molecule has 0 radical (unpaired) electrons. The van der Waals surface area contributed by atoms with E-state index < -0.39 is 6.10 Å². The van der Waals surface area contributed by atoms with Crippen molar-refractivity contribution in [2.75, 3.05) is 26.9 Å². The first-order chi connectivity index (χ1) is 11.3. The van der Waals surface area contributed by atoms with Gasteiger partial charge >= 0.3 is 0 Å². The van der Waals surface area contributed by atoms with Crippen molar-refractivity contribution in [2.24, 2.45) is 0 Å². The van der Waals surface area contributed by atoms with Gasteiger partial charge in [0, 0.05) is 13.1 Å². The summed E-state index contributed by atoms with van der Waals surface area (Å²) in [6.07, 6.45) is -0.532. The Hall–Kier alpha value is -2.24. The number of aliphatic hydroxyl groups excluding tert-OH is 1. The van der Waals surface area contributed by atoms with Gasteiger partial charge in [0.15, 0.2) is 11.5 Å². The highest BCUT2D eigenvalue weighted by atomic mass is 16.6. The molecular formula is C18H21NO4. The molecule has 2 aromatic carbocycles. The van der Waals surface area contributed by atoms with Crippen LogP contribution < -0.4 is 19.5 Å². The first-order valence-electron chi connectivity index (χ1n) is 7.68. The van der Waals surface area contributed by atoms with Crippen LogP contribution in [-0.4, -0.2) is 32.0 Å². The van der Waals surface area contributed by atoms with E-state index in [-0.39, 0.29) is 0 Å². The van der Waals surface area contributed by atoms with E-state index in [1.165, 1.54) is 0 Å². The minimum absolute atomic E-state index is 0.473. The van der Waals surface area contributed by atoms with Crippen LogP contribution in [0.15, 0.2) is 42.5 Å². The average molecular weight is 315 g/mol. The molecule has 0 unspecified atom stereocenters. The molecule has 0 spiro atoms. The summed E-state index contributed by atoms with van der Waals surface area (Å²) >= 11 is 0. The van der Waals surface area contributed by atoms with E-state index in [4.69, 9.17) is 14.2 Å². The van der Waals surface area contributed by atoms with Gasteiger partial charge in [-0.25, -0.2) is 0 Å². The lowest BCUT2D eigenvalue weighted by Gasteiger charge is -2.21. The molecule has 0 saturated carbocycles. The van der Waals surface area contributed by atoms with Crippen molar-refractivity contribution in [3.8, 4) is 17.2 Å². The number of benzene rings is 2. The summed E-state index contributed by atoms with van der Waals surface area (Å²) < 4.78 is 16.6. The molecule has 1 atom stereocenters. The van der Waals surface area contributed by atoms with Crippen LogP contribution >= 0.6 is 0 Å². The van der Waals surface area contributed by atoms with Crippen molar-refractivity contribution in [1.82, 2.24) is 5.32 Å². The monoisotopic (exact) mass is 315 g/mol. The number of hydrogen-bond acceptors (Lipinski definition) is 5. The van der Waals surface area contributed by atoms with Crippen molar-refractivity contribution in [3.05, 3.63) is 53.6 Å². The number of methoxy groups -OCH3 is 1. The van der Waals surface area contributed by atoms with E-state index >= 15 is 0 Å². The molecule has 5 nitrogen and oxygen atoms in total. The fourth-order valence-corrected chi connectivity index (χ4v) is 2.58. The molecule has 0 aliphatic carbocycles. The molecule has 5 heteroatoms. The van der Waals surface area contributed by atoms with Crippen LogP contribution in [0.5, 0.6) is 17.2 Å². The summed E-state index contributed by atoms with van der Waals surface area (Å²) in [6.45, 7) is 2.15. The number of fused-ring (bicyclic) bond motifs is 1. The molecule has 1 aliphatic heterocycles. The molecule has 3 rings (SSSR count). The van der Waals surface area contributed by atoms with Crippen molar-refractivity contribution < 1.29 is 19.3 Å². The Bertz CT molecular complexity index is 628. The number of aliphatic hydroxyl groups is 1. The Morgan fingerprint density at radius 1 is 1.17 bits per heavy atom. The smallest absolute Gasteiger partial charge is 0.203 e. The van der Waals surface area contributed by atoms with Gasteiger partial charge in [-0.2, -0.15) is 0 Å². The predicted octanol–water partition coefficient (Wildman–Crippen LogP) is 2.29. The maximum atomic E-state index is 10.2. The van der Waals surface area contributed by atoms with Crippen LogP contribution in [0.1, 0.15) is 17.2 Å². The first-order valence-corrected chi connectivity index (χ1v) is 7.68. The second kappa shape index (κ2) is 7.35. The van der Waals surface area contributed by atoms with E-state index in [9.17, 15) is 5.11 Å². The molecule has 23 heavy (non-hydrogen) atoms. The lowest BCUT2D eigenvalue weighted by molar-refractivity contribution is 0.164. The van der Waals surface area contributed by atoms with Gasteiger partial charge in [-0.3, -0.25) is 0 Å². The highest BCUT2D eigenvalue weighted by molar-refractivity contribution is 5.54. The summed E-state index contributed by atoms with van der Waals surface area (Å²) in [7, 11) is 1.62. The third-order valence-corrected chi connectivity index (χ3v) is 3.74. The summed E-state index contributed by atoms with van der Waals surface area (Å²) in [5.74, 6) is 2.03. The summed E-state index contributed by atoms with van der Waals surface area (Å²) in [5.41, 5.74) is 1.92. The molecular weight excluding hydrogens is 294 g/mol. The molecule has 0 bridgehead atoms. The van der Waals surface area contributed by atoms with Gasteiger partial charge in [0.2, 0.25) is 5.75 Å². The Labute approximate surface area is 135 Å². The molecule has 0 saturated heterocycles. The lowest BCUT2D eigenvalue weighted by atomic mass is 10.1. The summed E-state index contributed by atoms with van der Waals surface area (Å²) in [6, 6.07) is 13.5. The van der Waals surface area contributed by atoms with E-state index in [1.807, 2.05) is 42.5 Å². The van der Waals surface area contributed by atoms with Gasteiger partial charge in [0.25, 0.3) is 0 Å². The van der Waals surface area contributed by atoms with Crippen molar-refractivity contribution in [2.45, 2.75) is 12.6 Å². The highest BCUT2D eigenvalue weighted by Gasteiger charge is 2.18. The number of ether oxygens (including phenoxy) is 3.